The Morgan fingerprint density at radius 1 is 1.35 bits per heavy atom. The molecule has 0 saturated heterocycles. The molecule has 0 N–H and O–H groups in total. The number of carbonyl (C=O) groups excluding carboxylic acids is 1. The first-order valence-corrected chi connectivity index (χ1v) is 7.55. The molecule has 0 aliphatic heterocycles. The van der Waals surface area contributed by atoms with Gasteiger partial charge in [-0.05, 0) is 24.6 Å². The van der Waals surface area contributed by atoms with Gasteiger partial charge in [-0.3, -0.25) is 0 Å². The fourth-order valence-electron chi connectivity index (χ4n) is 1.90. The molecule has 6 nitrogen and oxygen atoms in total. The summed E-state index contributed by atoms with van der Waals surface area (Å²) in [6, 6.07) is 9.24. The summed E-state index contributed by atoms with van der Waals surface area (Å²) >= 11 is 0. The fraction of sp³-hybridized carbons (Fsp3) is 0.353. The minimum absolute atomic E-state index is 0.255. The highest BCUT2D eigenvalue weighted by atomic mass is 16.5. The zero-order valence-electron chi connectivity index (χ0n) is 14.0. The molecule has 0 bridgehead atoms. The van der Waals surface area contributed by atoms with Crippen molar-refractivity contribution in [3.8, 4) is 11.8 Å². The van der Waals surface area contributed by atoms with E-state index in [0.717, 1.165) is 11.3 Å². The van der Waals surface area contributed by atoms with Gasteiger partial charge in [-0.1, -0.05) is 26.0 Å². The smallest absolute Gasteiger partial charge is 0.344 e. The van der Waals surface area contributed by atoms with Crippen LogP contribution in [0, 0.1) is 11.3 Å². The number of nitrogens with zero attached hydrogens (tertiary/aromatic N) is 4. The summed E-state index contributed by atoms with van der Waals surface area (Å²) in [5.41, 5.74) is 1.36. The lowest BCUT2D eigenvalue weighted by atomic mass is 10.2. The van der Waals surface area contributed by atoms with Crippen LogP contribution < -0.4 is 4.74 Å². The molecule has 0 spiro atoms. The number of methoxy groups -OCH3 is 1. The molecule has 1 aromatic carbocycles. The van der Waals surface area contributed by atoms with Gasteiger partial charge in [0.25, 0.3) is 0 Å². The third-order valence-electron chi connectivity index (χ3n) is 3.09. The molecule has 1 amide bonds. The van der Waals surface area contributed by atoms with E-state index in [2.05, 4.69) is 5.10 Å². The van der Waals surface area contributed by atoms with Crippen molar-refractivity contribution in [2.75, 3.05) is 13.7 Å². The molecule has 0 saturated carbocycles. The zero-order chi connectivity index (χ0) is 17.2. The summed E-state index contributed by atoms with van der Waals surface area (Å²) in [5.74, 6) is 0.777. The van der Waals surface area contributed by atoms with Gasteiger partial charge < -0.3 is 9.64 Å². The van der Waals surface area contributed by atoms with Crippen LogP contribution in [0.25, 0.3) is 0 Å². The van der Waals surface area contributed by atoms with Crippen LogP contribution in [-0.4, -0.2) is 34.4 Å². The lowest BCUT2D eigenvalue weighted by molar-refractivity contribution is 0.196. The number of benzene rings is 1. The molecule has 0 radical (unpaired) electrons. The van der Waals surface area contributed by atoms with Gasteiger partial charge in [0.2, 0.25) is 0 Å². The first-order chi connectivity index (χ1) is 11.2. The van der Waals surface area contributed by atoms with E-state index in [1.165, 1.54) is 17.1 Å². The highest BCUT2D eigenvalue weighted by Crippen LogP contribution is 2.13. The topological polar surface area (TPSA) is 71.2 Å². The number of hydrogen-bond acceptors (Lipinski definition) is 4. The van der Waals surface area contributed by atoms with Gasteiger partial charge in [-0.15, -0.1) is 0 Å². The minimum atomic E-state index is -0.255. The van der Waals surface area contributed by atoms with Crippen LogP contribution in [0.4, 0.5) is 4.79 Å². The van der Waals surface area contributed by atoms with Crippen LogP contribution in [0.3, 0.4) is 0 Å². The molecule has 0 unspecified atom stereocenters. The van der Waals surface area contributed by atoms with Crippen molar-refractivity contribution < 1.29 is 9.53 Å². The monoisotopic (exact) mass is 314 g/mol. The van der Waals surface area contributed by atoms with E-state index in [-0.39, 0.29) is 6.03 Å². The van der Waals surface area contributed by atoms with Gasteiger partial charge >= 0.3 is 6.03 Å². The van der Waals surface area contributed by atoms with Gasteiger partial charge in [0, 0.05) is 13.1 Å². The van der Waals surface area contributed by atoms with Crippen LogP contribution >= 0.6 is 0 Å². The van der Waals surface area contributed by atoms with Gasteiger partial charge in [0.1, 0.15) is 11.8 Å². The van der Waals surface area contributed by atoms with E-state index in [4.69, 9.17) is 10.00 Å². The third kappa shape index (κ3) is 4.85. The molecule has 122 valence electrons. The molecule has 0 fully saturated rings. The predicted octanol–water partition coefficient (Wildman–Crippen LogP) is 3.28. The Balaban J connectivity index is 0.00000127. The standard InChI is InChI=1S/C15H16N4O2.C2H6/c1-3-18(10-12-4-6-14(21-2)7-5-12)15(20)19-11-13(8-16)9-17-19;1-2/h4-7,9,11H,3,10H2,1-2H3;1-2H3. The highest BCUT2D eigenvalue weighted by molar-refractivity contribution is 5.76. The molecular formula is C17H22N4O2. The lowest BCUT2D eigenvalue weighted by Crippen LogP contribution is -2.34. The second-order valence-corrected chi connectivity index (χ2v) is 4.43. The Morgan fingerprint density at radius 3 is 2.48 bits per heavy atom. The number of hydrogen-bond donors (Lipinski definition) is 0. The van der Waals surface area contributed by atoms with Crippen molar-refractivity contribution in [1.29, 1.82) is 5.26 Å². The largest absolute Gasteiger partial charge is 0.497 e. The lowest BCUT2D eigenvalue weighted by Gasteiger charge is -2.20. The number of carbonyl (C=O) groups is 1. The molecule has 1 aromatic heterocycles. The van der Waals surface area contributed by atoms with Gasteiger partial charge in [-0.25, -0.2) is 4.79 Å². The number of amides is 1. The molecule has 23 heavy (non-hydrogen) atoms. The molecule has 0 aliphatic rings. The Labute approximate surface area is 136 Å². The second-order valence-electron chi connectivity index (χ2n) is 4.43. The van der Waals surface area contributed by atoms with Crippen LogP contribution in [-0.2, 0) is 6.54 Å². The summed E-state index contributed by atoms with van der Waals surface area (Å²) in [6.45, 7) is 6.92. The minimum Gasteiger partial charge on any atom is -0.497 e. The average molecular weight is 314 g/mol. The SMILES string of the molecule is CC.CCN(Cc1ccc(OC)cc1)C(=O)n1cc(C#N)cn1. The summed E-state index contributed by atoms with van der Waals surface area (Å²) in [6.07, 6.45) is 2.80. The van der Waals surface area contributed by atoms with Gasteiger partial charge in [-0.2, -0.15) is 15.0 Å². The van der Waals surface area contributed by atoms with Gasteiger partial charge in [0.15, 0.2) is 0 Å². The predicted molar refractivity (Wildman–Crippen MR) is 88.2 cm³/mol. The van der Waals surface area contributed by atoms with Crippen LogP contribution in [0.15, 0.2) is 36.7 Å². The first kappa shape index (κ1) is 18.2. The molecule has 0 atom stereocenters. The summed E-state index contributed by atoms with van der Waals surface area (Å²) < 4.78 is 6.29. The van der Waals surface area contributed by atoms with Crippen molar-refractivity contribution in [1.82, 2.24) is 14.7 Å². The maximum Gasteiger partial charge on any atom is 0.344 e. The van der Waals surface area contributed by atoms with Gasteiger partial charge in [0.05, 0.1) is 25.1 Å². The van der Waals surface area contributed by atoms with E-state index >= 15 is 0 Å². The molecule has 6 heteroatoms. The normalized spacial score (nSPS) is 9.35. The van der Waals surface area contributed by atoms with E-state index in [1.54, 1.807) is 12.0 Å². The first-order valence-electron chi connectivity index (χ1n) is 7.55. The Hall–Kier alpha value is -2.81. The van der Waals surface area contributed by atoms with Crippen molar-refractivity contribution in [2.45, 2.75) is 27.3 Å². The van der Waals surface area contributed by atoms with Crippen LogP contribution in [0.2, 0.25) is 0 Å². The highest BCUT2D eigenvalue weighted by Gasteiger charge is 2.15. The van der Waals surface area contributed by atoms with E-state index in [1.807, 2.05) is 51.1 Å². The number of rotatable bonds is 4. The second kappa shape index (κ2) is 9.26. The van der Waals surface area contributed by atoms with Crippen molar-refractivity contribution in [2.24, 2.45) is 0 Å². The quantitative estimate of drug-likeness (QED) is 0.868. The summed E-state index contributed by atoms with van der Waals surface area (Å²) in [4.78, 5) is 14.0. The van der Waals surface area contributed by atoms with E-state index in [0.29, 0.717) is 18.7 Å². The fourth-order valence-corrected chi connectivity index (χ4v) is 1.90. The van der Waals surface area contributed by atoms with E-state index in [9.17, 15) is 4.79 Å². The van der Waals surface area contributed by atoms with Crippen molar-refractivity contribution in [3.05, 3.63) is 47.8 Å². The average Bonchev–Trinajstić information content (AvgIpc) is 3.10. The van der Waals surface area contributed by atoms with E-state index < -0.39 is 0 Å². The molecular weight excluding hydrogens is 292 g/mol. The Kier molecular flexibility index (Phi) is 7.34. The molecule has 2 aromatic rings. The van der Waals surface area contributed by atoms with Crippen LogP contribution in [0.5, 0.6) is 5.75 Å². The molecule has 1 heterocycles. The van der Waals surface area contributed by atoms with Crippen LogP contribution in [0.1, 0.15) is 31.9 Å². The van der Waals surface area contributed by atoms with Crippen molar-refractivity contribution >= 4 is 6.03 Å². The Morgan fingerprint density at radius 2 is 2.00 bits per heavy atom. The third-order valence-corrected chi connectivity index (χ3v) is 3.09. The van der Waals surface area contributed by atoms with Crippen molar-refractivity contribution in [3.63, 3.8) is 0 Å². The summed E-state index contributed by atoms with van der Waals surface area (Å²) in [5, 5.41) is 12.7. The maximum absolute atomic E-state index is 12.3. The molecule has 2 rings (SSSR count). The Bertz CT molecular complexity index is 656. The molecule has 0 aliphatic carbocycles. The number of aromatic nitrogens is 2. The zero-order valence-corrected chi connectivity index (χ0v) is 14.0. The number of nitriles is 1. The maximum atomic E-state index is 12.3. The summed E-state index contributed by atoms with van der Waals surface area (Å²) in [7, 11) is 1.61. The number of ether oxygens (including phenoxy) is 1.